The molecule has 1 N–H and O–H groups in total. The maximum atomic E-state index is 14.6. The van der Waals surface area contributed by atoms with E-state index in [9.17, 15) is 24.8 Å². The van der Waals surface area contributed by atoms with Crippen LogP contribution < -0.4 is 0 Å². The van der Waals surface area contributed by atoms with Gasteiger partial charge >= 0.3 is 5.97 Å². The number of ketones is 2. The van der Waals surface area contributed by atoms with Gasteiger partial charge in [-0.1, -0.05) is 40.7 Å². The average Bonchev–Trinajstić information content (AvgIpc) is 3.03. The van der Waals surface area contributed by atoms with E-state index in [0.717, 1.165) is 44.1 Å². The third kappa shape index (κ3) is 2.48. The molecule has 1 unspecified atom stereocenters. The van der Waals surface area contributed by atoms with E-state index in [4.69, 9.17) is 4.74 Å². The average molecular weight is 520 g/mol. The number of esters is 1. The quantitative estimate of drug-likeness (QED) is 0.475. The van der Waals surface area contributed by atoms with Gasteiger partial charge in [0.25, 0.3) is 0 Å². The molecule has 4 fully saturated rings. The molecule has 0 aromatic rings. The zero-order valence-corrected chi connectivity index (χ0v) is 23.9. The Bertz CT molecular complexity index is 1300. The molecule has 204 valence electrons. The molecule has 1 heterocycles. The number of carbonyl (C=O) groups excluding carboxylic acids is 3. The van der Waals surface area contributed by atoms with E-state index < -0.39 is 38.8 Å². The molecule has 0 radical (unpaired) electrons. The minimum Gasteiger partial charge on any atom is -0.449 e. The number of fused-ring (bicyclic) bond motifs is 4. The third-order valence-electron chi connectivity index (χ3n) is 13.3. The fourth-order valence-corrected chi connectivity index (χ4v) is 10.7. The summed E-state index contributed by atoms with van der Waals surface area (Å²) < 4.78 is 6.45. The number of nitriles is 1. The monoisotopic (exact) mass is 519 g/mol. The number of hydrogen-bond acceptors (Lipinski definition) is 6. The summed E-state index contributed by atoms with van der Waals surface area (Å²) in [4.78, 5) is 41.8. The lowest BCUT2D eigenvalue weighted by atomic mass is 9.33. The Balaban J connectivity index is 1.60. The molecule has 9 atom stereocenters. The lowest BCUT2D eigenvalue weighted by Crippen LogP contribution is -2.72. The van der Waals surface area contributed by atoms with Crippen LogP contribution in [-0.4, -0.2) is 34.3 Å². The summed E-state index contributed by atoms with van der Waals surface area (Å²) in [7, 11) is 0. The highest BCUT2D eigenvalue weighted by atomic mass is 16.6. The predicted molar refractivity (Wildman–Crippen MR) is 140 cm³/mol. The van der Waals surface area contributed by atoms with Crippen LogP contribution in [0.15, 0.2) is 23.3 Å². The van der Waals surface area contributed by atoms with Gasteiger partial charge in [0, 0.05) is 16.7 Å². The molecule has 6 rings (SSSR count). The molecule has 6 heteroatoms. The van der Waals surface area contributed by atoms with Gasteiger partial charge < -0.3 is 9.84 Å². The topological polar surface area (TPSA) is 104 Å². The van der Waals surface area contributed by atoms with E-state index in [1.807, 2.05) is 6.92 Å². The summed E-state index contributed by atoms with van der Waals surface area (Å²) in [6, 6.07) is 2.10. The van der Waals surface area contributed by atoms with Crippen molar-refractivity contribution in [3.05, 3.63) is 23.3 Å². The van der Waals surface area contributed by atoms with Crippen LogP contribution in [0, 0.1) is 55.7 Å². The Kier molecular flexibility index (Phi) is 4.84. The maximum Gasteiger partial charge on any atom is 0.313 e. The van der Waals surface area contributed by atoms with Crippen molar-refractivity contribution in [1.82, 2.24) is 0 Å². The van der Waals surface area contributed by atoms with Crippen LogP contribution in [0.2, 0.25) is 0 Å². The molecule has 6 aliphatic rings. The summed E-state index contributed by atoms with van der Waals surface area (Å²) in [6.45, 7) is 14.3. The van der Waals surface area contributed by atoms with Gasteiger partial charge in [-0.05, 0) is 87.2 Å². The first-order valence-corrected chi connectivity index (χ1v) is 14.4. The third-order valence-corrected chi connectivity index (χ3v) is 13.3. The Morgan fingerprint density at radius 2 is 1.66 bits per heavy atom. The summed E-state index contributed by atoms with van der Waals surface area (Å²) >= 11 is 0. The number of nitrogens with zero attached hydrogens (tertiary/aromatic N) is 1. The highest BCUT2D eigenvalue weighted by molar-refractivity contribution is 6.07. The van der Waals surface area contributed by atoms with Crippen molar-refractivity contribution in [2.45, 2.75) is 105 Å². The number of carbonyl (C=O) groups is 3. The van der Waals surface area contributed by atoms with Crippen molar-refractivity contribution in [3.8, 4) is 6.07 Å². The Hall–Kier alpha value is -2.26. The largest absolute Gasteiger partial charge is 0.449 e. The number of hydrogen-bond donors (Lipinski definition) is 1. The van der Waals surface area contributed by atoms with Crippen LogP contribution in [0.3, 0.4) is 0 Å². The van der Waals surface area contributed by atoms with Gasteiger partial charge in [0.1, 0.15) is 6.07 Å². The lowest BCUT2D eigenvalue weighted by molar-refractivity contribution is -0.207. The normalized spacial score (nSPS) is 51.3. The van der Waals surface area contributed by atoms with Crippen LogP contribution in [0.25, 0.3) is 0 Å². The maximum absolute atomic E-state index is 14.6. The molecule has 0 aromatic carbocycles. The molecular weight excluding hydrogens is 478 g/mol. The number of aliphatic hydroxyl groups excluding tert-OH is 1. The van der Waals surface area contributed by atoms with Gasteiger partial charge in [0.2, 0.25) is 0 Å². The van der Waals surface area contributed by atoms with E-state index in [0.29, 0.717) is 6.42 Å². The van der Waals surface area contributed by atoms with E-state index in [1.165, 1.54) is 0 Å². The second-order valence-corrected chi connectivity index (χ2v) is 15.1. The lowest BCUT2D eigenvalue weighted by Gasteiger charge is -2.69. The summed E-state index contributed by atoms with van der Waals surface area (Å²) in [5, 5.41) is 20.9. The number of rotatable bonds is 1. The molecule has 5 aliphatic carbocycles. The SMILES string of the molecule is CC(O)[C@]1(C)C(=O)C(C#N)=C[C@]2(C)C3=CC(=O)[C@]45OC(=O)[C@@]6(CCC(C)(C)C[C@H]64)CC[C@@]5(C)[C@]3(C)CC[C@@H]12. The smallest absolute Gasteiger partial charge is 0.313 e. The second-order valence-electron chi connectivity index (χ2n) is 15.1. The van der Waals surface area contributed by atoms with Gasteiger partial charge in [-0.3, -0.25) is 14.4 Å². The van der Waals surface area contributed by atoms with Crippen molar-refractivity contribution in [2.24, 2.45) is 44.3 Å². The molecule has 1 aliphatic heterocycles. The summed E-state index contributed by atoms with van der Waals surface area (Å²) in [5.74, 6) is -1.05. The molecule has 1 spiro atoms. The zero-order chi connectivity index (χ0) is 27.9. The Labute approximate surface area is 225 Å². The van der Waals surface area contributed by atoms with Crippen LogP contribution >= 0.6 is 0 Å². The highest BCUT2D eigenvalue weighted by Gasteiger charge is 2.82. The molecule has 0 aromatic heterocycles. The number of Topliss-reactive ketones (excluding diaryl/α,β-unsaturated/α-hetero) is 1. The number of allylic oxidation sites excluding steroid dienone is 3. The first-order valence-electron chi connectivity index (χ1n) is 14.4. The Morgan fingerprint density at radius 1 is 1.00 bits per heavy atom. The second kappa shape index (κ2) is 7.08. The molecular formula is C32H41NO5. The van der Waals surface area contributed by atoms with Crippen LogP contribution in [-0.2, 0) is 19.1 Å². The highest BCUT2D eigenvalue weighted by Crippen LogP contribution is 2.78. The summed E-state index contributed by atoms with van der Waals surface area (Å²) in [6.07, 6.45) is 7.91. The molecule has 2 bridgehead atoms. The molecule has 38 heavy (non-hydrogen) atoms. The summed E-state index contributed by atoms with van der Waals surface area (Å²) in [5.41, 5.74) is -3.77. The molecule has 6 nitrogen and oxygen atoms in total. The fourth-order valence-electron chi connectivity index (χ4n) is 10.7. The van der Waals surface area contributed by atoms with E-state index in [2.05, 4.69) is 33.8 Å². The minimum absolute atomic E-state index is 0.0233. The van der Waals surface area contributed by atoms with E-state index in [1.54, 1.807) is 26.0 Å². The van der Waals surface area contributed by atoms with Crippen molar-refractivity contribution in [1.29, 1.82) is 5.26 Å². The molecule has 3 saturated carbocycles. The fraction of sp³-hybridized carbons (Fsp3) is 0.750. The van der Waals surface area contributed by atoms with Crippen molar-refractivity contribution in [2.75, 3.05) is 0 Å². The standard InChI is InChI=1S/C32H41NO5/c1-18(34)30(7)20-8-9-28(5)21(27(20,4)15-19(17-33)24(30)36)14-23(35)32-22-16-26(2,3)10-12-31(22,25(37)38-32)13-11-29(28,32)6/h14-15,18,20,22,34H,8-13,16H2,1-7H3/t18?,20-,22-,27+,28-,29+,30+,31+,32-/m1/s1. The van der Waals surface area contributed by atoms with E-state index >= 15 is 0 Å². The predicted octanol–water partition coefficient (Wildman–Crippen LogP) is 5.25. The van der Waals surface area contributed by atoms with E-state index in [-0.39, 0.29) is 40.4 Å². The van der Waals surface area contributed by atoms with Crippen LogP contribution in [0.4, 0.5) is 0 Å². The van der Waals surface area contributed by atoms with Gasteiger partial charge in [-0.15, -0.1) is 0 Å². The van der Waals surface area contributed by atoms with Crippen molar-refractivity contribution < 1.29 is 24.2 Å². The van der Waals surface area contributed by atoms with Gasteiger partial charge in [-0.2, -0.15) is 5.26 Å². The molecule has 1 saturated heterocycles. The Morgan fingerprint density at radius 3 is 2.29 bits per heavy atom. The van der Waals surface area contributed by atoms with Crippen molar-refractivity contribution >= 4 is 17.5 Å². The number of aliphatic hydroxyl groups is 1. The first-order chi connectivity index (χ1) is 17.5. The van der Waals surface area contributed by atoms with Crippen LogP contribution in [0.1, 0.15) is 93.4 Å². The van der Waals surface area contributed by atoms with Gasteiger partial charge in [0.15, 0.2) is 17.2 Å². The molecule has 0 amide bonds. The van der Waals surface area contributed by atoms with Gasteiger partial charge in [-0.25, -0.2) is 0 Å². The first kappa shape index (κ1) is 26.0. The zero-order valence-electron chi connectivity index (χ0n) is 23.9. The van der Waals surface area contributed by atoms with Gasteiger partial charge in [0.05, 0.1) is 22.5 Å². The minimum atomic E-state index is -1.19. The van der Waals surface area contributed by atoms with Crippen molar-refractivity contribution in [3.63, 3.8) is 0 Å². The number of ether oxygens (including phenoxy) is 1. The van der Waals surface area contributed by atoms with Crippen LogP contribution in [0.5, 0.6) is 0 Å².